The molecule has 1 aromatic rings. The summed E-state index contributed by atoms with van der Waals surface area (Å²) < 4.78 is 38.9. The fraction of sp³-hybridized carbons (Fsp3) is 0.444. The van der Waals surface area contributed by atoms with Gasteiger partial charge in [-0.25, -0.2) is 0 Å². The summed E-state index contributed by atoms with van der Waals surface area (Å²) in [5.74, 6) is -0.646. The third-order valence-corrected chi connectivity index (χ3v) is 4.35. The van der Waals surface area contributed by atoms with E-state index in [2.05, 4.69) is 6.58 Å². The molecule has 4 nitrogen and oxygen atoms in total. The number of benzene rings is 1. The molecule has 1 atom stereocenters. The van der Waals surface area contributed by atoms with Gasteiger partial charge < -0.3 is 9.80 Å². The van der Waals surface area contributed by atoms with Crippen LogP contribution in [-0.4, -0.2) is 47.3 Å². The lowest BCUT2D eigenvalue weighted by Gasteiger charge is -2.40. The summed E-state index contributed by atoms with van der Waals surface area (Å²) in [4.78, 5) is 27.7. The van der Waals surface area contributed by atoms with Crippen LogP contribution in [0.15, 0.2) is 30.9 Å². The molecule has 0 unspecified atom stereocenters. The number of carbonyl (C=O) groups excluding carboxylic acids is 2. The molecule has 0 aromatic heterocycles. The normalized spacial score (nSPS) is 18.2. The summed E-state index contributed by atoms with van der Waals surface area (Å²) in [7, 11) is 0. The van der Waals surface area contributed by atoms with Gasteiger partial charge in [-0.15, -0.1) is 0 Å². The number of rotatable bonds is 3. The van der Waals surface area contributed by atoms with E-state index in [-0.39, 0.29) is 24.1 Å². The van der Waals surface area contributed by atoms with Crippen LogP contribution in [0.4, 0.5) is 13.2 Å². The van der Waals surface area contributed by atoms with Crippen LogP contribution in [0.5, 0.6) is 0 Å². The summed E-state index contributed by atoms with van der Waals surface area (Å²) in [6.45, 7) is 7.82. The number of nitrogens with zero attached hydrogens (tertiary/aromatic N) is 2. The third-order valence-electron chi connectivity index (χ3n) is 4.35. The van der Waals surface area contributed by atoms with Gasteiger partial charge in [-0.3, -0.25) is 9.59 Å². The maximum Gasteiger partial charge on any atom is 0.416 e. The molecule has 1 aliphatic heterocycles. The first kappa shape index (κ1) is 19.0. The Hall–Kier alpha value is -2.31. The van der Waals surface area contributed by atoms with E-state index in [1.54, 1.807) is 4.90 Å². The number of alkyl halides is 3. The molecule has 0 aliphatic carbocycles. The average molecular weight is 354 g/mol. The highest BCUT2D eigenvalue weighted by Crippen LogP contribution is 2.31. The van der Waals surface area contributed by atoms with Crippen molar-refractivity contribution in [3.63, 3.8) is 0 Å². The van der Waals surface area contributed by atoms with E-state index in [0.717, 1.165) is 12.1 Å². The molecule has 0 spiro atoms. The molecule has 0 N–H and O–H groups in total. The maximum absolute atomic E-state index is 13.0. The van der Waals surface area contributed by atoms with Crippen molar-refractivity contribution < 1.29 is 22.8 Å². The van der Waals surface area contributed by atoms with E-state index < -0.39 is 17.6 Å². The van der Waals surface area contributed by atoms with Crippen LogP contribution in [0.1, 0.15) is 34.8 Å². The molecule has 1 fully saturated rings. The van der Waals surface area contributed by atoms with Gasteiger partial charge in [-0.1, -0.05) is 13.5 Å². The van der Waals surface area contributed by atoms with Gasteiger partial charge in [0.05, 0.1) is 5.56 Å². The average Bonchev–Trinajstić information content (AvgIpc) is 2.58. The molecule has 7 heteroatoms. The Morgan fingerprint density at radius 2 is 1.96 bits per heavy atom. The Morgan fingerprint density at radius 1 is 1.28 bits per heavy atom. The van der Waals surface area contributed by atoms with Crippen LogP contribution in [-0.2, 0) is 11.0 Å². The lowest BCUT2D eigenvalue weighted by atomic mass is 10.0. The predicted molar refractivity (Wildman–Crippen MR) is 88.1 cm³/mol. The SMILES string of the molecule is C=CC(=O)N1CCN(C(=O)c2cc(C)cc(C(F)(F)F)c2)C[C@@H]1CC. The quantitative estimate of drug-likeness (QED) is 0.782. The minimum atomic E-state index is -4.50. The van der Waals surface area contributed by atoms with Gasteiger partial charge in [0.1, 0.15) is 0 Å². The number of carbonyl (C=O) groups is 2. The van der Waals surface area contributed by atoms with Gasteiger partial charge in [0.2, 0.25) is 5.91 Å². The molecule has 25 heavy (non-hydrogen) atoms. The standard InChI is InChI=1S/C18H21F3N2O2/c1-4-15-11-22(6-7-23(15)16(24)5-2)17(25)13-8-12(3)9-14(10-13)18(19,20)21/h5,8-10,15H,2,4,6-7,11H2,1,3H3/t15-/m0/s1. The molecule has 136 valence electrons. The first-order chi connectivity index (χ1) is 11.7. The smallest absolute Gasteiger partial charge is 0.335 e. The Labute approximate surface area is 144 Å². The van der Waals surface area contributed by atoms with Gasteiger partial charge in [-0.2, -0.15) is 13.2 Å². The van der Waals surface area contributed by atoms with Gasteiger partial charge in [0.25, 0.3) is 5.91 Å². The van der Waals surface area contributed by atoms with Gasteiger partial charge >= 0.3 is 6.18 Å². The second kappa shape index (κ2) is 7.29. The fourth-order valence-electron chi connectivity index (χ4n) is 3.05. The van der Waals surface area contributed by atoms with Crippen LogP contribution >= 0.6 is 0 Å². The van der Waals surface area contributed by atoms with Crippen molar-refractivity contribution >= 4 is 11.8 Å². The Morgan fingerprint density at radius 3 is 2.52 bits per heavy atom. The molecule has 0 radical (unpaired) electrons. The fourth-order valence-corrected chi connectivity index (χ4v) is 3.05. The summed E-state index contributed by atoms with van der Waals surface area (Å²) in [5.41, 5.74) is -0.431. The molecular formula is C18H21F3N2O2. The molecule has 1 saturated heterocycles. The molecule has 2 rings (SSSR count). The van der Waals surface area contributed by atoms with Crippen LogP contribution in [0.25, 0.3) is 0 Å². The highest BCUT2D eigenvalue weighted by Gasteiger charge is 2.34. The van der Waals surface area contributed by atoms with E-state index in [1.807, 2.05) is 6.92 Å². The Balaban J connectivity index is 2.23. The zero-order valence-electron chi connectivity index (χ0n) is 14.3. The van der Waals surface area contributed by atoms with Crippen molar-refractivity contribution in [3.8, 4) is 0 Å². The second-order valence-corrected chi connectivity index (χ2v) is 6.13. The molecule has 2 amide bonds. The van der Waals surface area contributed by atoms with E-state index in [9.17, 15) is 22.8 Å². The lowest BCUT2D eigenvalue weighted by Crippen LogP contribution is -2.56. The van der Waals surface area contributed by atoms with Crippen molar-refractivity contribution in [2.75, 3.05) is 19.6 Å². The first-order valence-corrected chi connectivity index (χ1v) is 8.08. The number of piperazine rings is 1. The third kappa shape index (κ3) is 4.21. The van der Waals surface area contributed by atoms with Crippen molar-refractivity contribution in [2.45, 2.75) is 32.5 Å². The molecule has 0 bridgehead atoms. The lowest BCUT2D eigenvalue weighted by molar-refractivity contribution is -0.137. The van der Waals surface area contributed by atoms with E-state index in [1.165, 1.54) is 24.0 Å². The van der Waals surface area contributed by atoms with E-state index in [4.69, 9.17) is 0 Å². The summed E-state index contributed by atoms with van der Waals surface area (Å²) in [5, 5.41) is 0. The van der Waals surface area contributed by atoms with Crippen molar-refractivity contribution in [2.24, 2.45) is 0 Å². The zero-order chi connectivity index (χ0) is 18.8. The van der Waals surface area contributed by atoms with Crippen molar-refractivity contribution in [3.05, 3.63) is 47.5 Å². The summed E-state index contributed by atoms with van der Waals surface area (Å²) in [6.07, 6.45) is -2.62. The van der Waals surface area contributed by atoms with Gasteiger partial charge in [-0.05, 0) is 43.2 Å². The van der Waals surface area contributed by atoms with Crippen molar-refractivity contribution in [1.29, 1.82) is 0 Å². The number of aryl methyl sites for hydroxylation is 1. The van der Waals surface area contributed by atoms with Crippen LogP contribution in [0, 0.1) is 6.92 Å². The minimum Gasteiger partial charge on any atom is -0.335 e. The molecule has 1 heterocycles. The second-order valence-electron chi connectivity index (χ2n) is 6.13. The predicted octanol–water partition coefficient (Wildman–Crippen LogP) is 3.26. The largest absolute Gasteiger partial charge is 0.416 e. The van der Waals surface area contributed by atoms with Crippen LogP contribution < -0.4 is 0 Å². The van der Waals surface area contributed by atoms with Crippen molar-refractivity contribution in [1.82, 2.24) is 9.80 Å². The van der Waals surface area contributed by atoms with Crippen LogP contribution in [0.2, 0.25) is 0 Å². The summed E-state index contributed by atoms with van der Waals surface area (Å²) >= 11 is 0. The molecular weight excluding hydrogens is 333 g/mol. The maximum atomic E-state index is 13.0. The topological polar surface area (TPSA) is 40.6 Å². The zero-order valence-corrected chi connectivity index (χ0v) is 14.3. The molecule has 1 aromatic carbocycles. The molecule has 1 aliphatic rings. The summed E-state index contributed by atoms with van der Waals surface area (Å²) in [6, 6.07) is 3.19. The van der Waals surface area contributed by atoms with Gasteiger partial charge in [0.15, 0.2) is 0 Å². The van der Waals surface area contributed by atoms with Crippen LogP contribution in [0.3, 0.4) is 0 Å². The Kier molecular flexibility index (Phi) is 5.55. The highest BCUT2D eigenvalue weighted by molar-refractivity contribution is 5.95. The highest BCUT2D eigenvalue weighted by atomic mass is 19.4. The number of hydrogen-bond acceptors (Lipinski definition) is 2. The van der Waals surface area contributed by atoms with E-state index >= 15 is 0 Å². The number of halogens is 3. The monoisotopic (exact) mass is 354 g/mol. The first-order valence-electron chi connectivity index (χ1n) is 8.08. The van der Waals surface area contributed by atoms with E-state index in [0.29, 0.717) is 25.1 Å². The van der Waals surface area contributed by atoms with Gasteiger partial charge in [0, 0.05) is 31.2 Å². The number of amides is 2. The molecule has 0 saturated carbocycles. The Bertz CT molecular complexity index is 685. The number of hydrogen-bond donors (Lipinski definition) is 0. The minimum absolute atomic E-state index is 0.0191.